The lowest BCUT2D eigenvalue weighted by Gasteiger charge is -2.08. The van der Waals surface area contributed by atoms with E-state index in [0.717, 1.165) is 15.8 Å². The van der Waals surface area contributed by atoms with Crippen molar-refractivity contribution < 1.29 is 14.3 Å². The fourth-order valence-corrected chi connectivity index (χ4v) is 3.47. The van der Waals surface area contributed by atoms with Gasteiger partial charge in [-0.3, -0.25) is 10.1 Å². The van der Waals surface area contributed by atoms with Crippen LogP contribution in [-0.2, 0) is 0 Å². The van der Waals surface area contributed by atoms with E-state index < -0.39 is 0 Å². The number of benzene rings is 2. The zero-order valence-corrected chi connectivity index (χ0v) is 14.9. The third-order valence-corrected chi connectivity index (χ3v) is 4.89. The van der Waals surface area contributed by atoms with E-state index >= 15 is 0 Å². The number of thiazole rings is 1. The molecule has 1 heterocycles. The summed E-state index contributed by atoms with van der Waals surface area (Å²) < 4.78 is 11.5. The molecule has 3 aromatic rings. The predicted molar refractivity (Wildman–Crippen MR) is 96.9 cm³/mol. The Hall–Kier alpha value is -2.31. The number of anilines is 1. The van der Waals surface area contributed by atoms with Crippen LogP contribution in [0.2, 0.25) is 5.02 Å². The summed E-state index contributed by atoms with van der Waals surface area (Å²) in [7, 11) is 3.10. The van der Waals surface area contributed by atoms with Crippen molar-refractivity contribution >= 4 is 44.2 Å². The minimum absolute atomic E-state index is 0.329. The van der Waals surface area contributed by atoms with Crippen LogP contribution in [0.25, 0.3) is 10.2 Å². The second-order valence-corrected chi connectivity index (χ2v) is 6.52. The molecule has 2 aromatic carbocycles. The lowest BCUT2D eigenvalue weighted by molar-refractivity contribution is 0.102. The van der Waals surface area contributed by atoms with E-state index in [9.17, 15) is 4.79 Å². The Morgan fingerprint density at radius 1 is 1.17 bits per heavy atom. The molecular weight excluding hydrogens is 348 g/mol. The zero-order chi connectivity index (χ0) is 17.3. The first-order chi connectivity index (χ1) is 11.5. The molecule has 0 unspecified atom stereocenters. The predicted octanol–water partition coefficient (Wildman–Crippen LogP) is 4.53. The summed E-state index contributed by atoms with van der Waals surface area (Å²) in [5.74, 6) is 0.796. The number of hydrogen-bond acceptors (Lipinski definition) is 5. The van der Waals surface area contributed by atoms with Gasteiger partial charge >= 0.3 is 0 Å². The van der Waals surface area contributed by atoms with E-state index in [1.165, 1.54) is 18.4 Å². The average molecular weight is 363 g/mol. The molecule has 0 atom stereocenters. The number of fused-ring (bicyclic) bond motifs is 1. The van der Waals surface area contributed by atoms with Crippen molar-refractivity contribution in [3.05, 3.63) is 46.5 Å². The van der Waals surface area contributed by atoms with Gasteiger partial charge in [0.2, 0.25) is 0 Å². The highest BCUT2D eigenvalue weighted by Gasteiger charge is 2.17. The summed E-state index contributed by atoms with van der Waals surface area (Å²) in [6.45, 7) is 1.99. The molecule has 0 saturated carbocycles. The molecular formula is C17H15ClN2O3S. The minimum atomic E-state index is -0.329. The van der Waals surface area contributed by atoms with E-state index in [2.05, 4.69) is 10.3 Å². The highest BCUT2D eigenvalue weighted by Crippen LogP contribution is 2.35. The number of hydrogen-bond donors (Lipinski definition) is 1. The van der Waals surface area contributed by atoms with Crippen LogP contribution < -0.4 is 14.8 Å². The Morgan fingerprint density at radius 3 is 2.58 bits per heavy atom. The lowest BCUT2D eigenvalue weighted by atomic mass is 10.2. The molecule has 0 aliphatic heterocycles. The number of methoxy groups -OCH3 is 2. The number of amides is 1. The van der Waals surface area contributed by atoms with Gasteiger partial charge in [0.25, 0.3) is 5.91 Å². The molecule has 0 spiro atoms. The van der Waals surface area contributed by atoms with Crippen LogP contribution in [-0.4, -0.2) is 25.1 Å². The van der Waals surface area contributed by atoms with E-state index in [1.54, 1.807) is 25.3 Å². The number of aromatic nitrogens is 1. The van der Waals surface area contributed by atoms with Crippen molar-refractivity contribution in [1.82, 2.24) is 4.98 Å². The third kappa shape index (κ3) is 3.02. The topological polar surface area (TPSA) is 60.5 Å². The number of carbonyl (C=O) groups excluding carboxylic acids is 1. The number of aryl methyl sites for hydroxylation is 1. The monoisotopic (exact) mass is 362 g/mol. The second kappa shape index (κ2) is 6.67. The summed E-state index contributed by atoms with van der Waals surface area (Å²) in [5.41, 5.74) is 2.16. The summed E-state index contributed by atoms with van der Waals surface area (Å²) in [6.07, 6.45) is 0. The van der Waals surface area contributed by atoms with E-state index in [1.807, 2.05) is 19.1 Å². The molecule has 7 heteroatoms. The van der Waals surface area contributed by atoms with Gasteiger partial charge in [0.05, 0.1) is 24.5 Å². The van der Waals surface area contributed by atoms with Gasteiger partial charge in [-0.1, -0.05) is 29.0 Å². The van der Waals surface area contributed by atoms with Crippen LogP contribution >= 0.6 is 22.9 Å². The van der Waals surface area contributed by atoms with Crippen molar-refractivity contribution in [2.75, 3.05) is 19.5 Å². The van der Waals surface area contributed by atoms with E-state index in [4.69, 9.17) is 21.1 Å². The van der Waals surface area contributed by atoms with Crippen molar-refractivity contribution in [1.29, 1.82) is 0 Å². The van der Waals surface area contributed by atoms with Gasteiger partial charge < -0.3 is 9.47 Å². The maximum atomic E-state index is 12.5. The van der Waals surface area contributed by atoms with Crippen LogP contribution in [0.3, 0.4) is 0 Å². The summed E-state index contributed by atoms with van der Waals surface area (Å²) in [5, 5.41) is 3.75. The van der Waals surface area contributed by atoms with Crippen molar-refractivity contribution in [2.24, 2.45) is 0 Å². The first kappa shape index (κ1) is 16.5. The fourth-order valence-electron chi connectivity index (χ4n) is 2.35. The molecule has 0 saturated heterocycles. The molecule has 0 radical (unpaired) electrons. The molecule has 3 rings (SSSR count). The van der Waals surface area contributed by atoms with Crippen LogP contribution in [0.15, 0.2) is 30.3 Å². The summed E-state index contributed by atoms with van der Waals surface area (Å²) in [6, 6.07) is 8.72. The molecule has 0 aliphatic rings. The van der Waals surface area contributed by atoms with Crippen LogP contribution in [0.1, 0.15) is 15.9 Å². The molecule has 0 aliphatic carbocycles. The maximum Gasteiger partial charge on any atom is 0.261 e. The number of rotatable bonds is 4. The summed E-state index contributed by atoms with van der Waals surface area (Å²) >= 11 is 7.38. The molecule has 0 fully saturated rings. The van der Waals surface area contributed by atoms with Gasteiger partial charge in [0, 0.05) is 5.02 Å². The van der Waals surface area contributed by atoms with Gasteiger partial charge in [-0.05, 0) is 36.8 Å². The van der Waals surface area contributed by atoms with Gasteiger partial charge in [-0.25, -0.2) is 4.98 Å². The Balaban J connectivity index is 1.97. The van der Waals surface area contributed by atoms with Crippen molar-refractivity contribution in [3.8, 4) is 11.5 Å². The minimum Gasteiger partial charge on any atom is -0.496 e. The number of halogens is 1. The fraction of sp³-hybridized carbons (Fsp3) is 0.176. The maximum absolute atomic E-state index is 12.5. The number of nitrogens with one attached hydrogen (secondary N) is 1. The SMILES string of the molecule is COc1ccc(Cl)cc1C(=O)Nc1nc2c(OC)ccc(C)c2s1. The molecule has 24 heavy (non-hydrogen) atoms. The standard InChI is InChI=1S/C17H15ClN2O3S/c1-9-4-6-13(23-3)14-15(9)24-17(19-14)20-16(21)11-8-10(18)5-7-12(11)22-2/h4-8H,1-3H3,(H,19,20,21). The van der Waals surface area contributed by atoms with Gasteiger partial charge in [0.1, 0.15) is 17.0 Å². The highest BCUT2D eigenvalue weighted by atomic mass is 35.5. The largest absolute Gasteiger partial charge is 0.496 e. The lowest BCUT2D eigenvalue weighted by Crippen LogP contribution is -2.13. The Bertz CT molecular complexity index is 924. The molecule has 0 bridgehead atoms. The number of nitrogens with zero attached hydrogens (tertiary/aromatic N) is 1. The second-order valence-electron chi connectivity index (χ2n) is 5.08. The van der Waals surface area contributed by atoms with Crippen LogP contribution in [0.4, 0.5) is 5.13 Å². The number of carbonyl (C=O) groups is 1. The third-order valence-electron chi connectivity index (χ3n) is 3.55. The zero-order valence-electron chi connectivity index (χ0n) is 13.3. The molecule has 1 N–H and O–H groups in total. The first-order valence-electron chi connectivity index (χ1n) is 7.12. The first-order valence-corrected chi connectivity index (χ1v) is 8.32. The highest BCUT2D eigenvalue weighted by molar-refractivity contribution is 7.22. The Kier molecular flexibility index (Phi) is 4.59. The van der Waals surface area contributed by atoms with Gasteiger partial charge in [0.15, 0.2) is 5.13 Å². The van der Waals surface area contributed by atoms with Gasteiger partial charge in [-0.15, -0.1) is 0 Å². The molecule has 1 amide bonds. The number of ether oxygens (including phenoxy) is 2. The van der Waals surface area contributed by atoms with Crippen molar-refractivity contribution in [2.45, 2.75) is 6.92 Å². The Labute approximate surface area is 148 Å². The smallest absolute Gasteiger partial charge is 0.261 e. The molecule has 1 aromatic heterocycles. The normalized spacial score (nSPS) is 10.7. The Morgan fingerprint density at radius 2 is 1.88 bits per heavy atom. The molecule has 124 valence electrons. The summed E-state index contributed by atoms with van der Waals surface area (Å²) in [4.78, 5) is 17.0. The van der Waals surface area contributed by atoms with Gasteiger partial charge in [-0.2, -0.15) is 0 Å². The van der Waals surface area contributed by atoms with Crippen LogP contribution in [0, 0.1) is 6.92 Å². The molecule has 5 nitrogen and oxygen atoms in total. The average Bonchev–Trinajstić information content (AvgIpc) is 2.99. The van der Waals surface area contributed by atoms with E-state index in [-0.39, 0.29) is 5.91 Å². The quantitative estimate of drug-likeness (QED) is 0.740. The van der Waals surface area contributed by atoms with Crippen molar-refractivity contribution in [3.63, 3.8) is 0 Å². The van der Waals surface area contributed by atoms with Crippen LogP contribution in [0.5, 0.6) is 11.5 Å². The van der Waals surface area contributed by atoms with E-state index in [0.29, 0.717) is 27.2 Å².